The van der Waals surface area contributed by atoms with Gasteiger partial charge >= 0.3 is 0 Å². The lowest BCUT2D eigenvalue weighted by molar-refractivity contribution is -0.00539. The summed E-state index contributed by atoms with van der Waals surface area (Å²) in [5, 5.41) is 8.56. The monoisotopic (exact) mass is 246 g/mol. The Bertz CT molecular complexity index is 518. The molecule has 1 fully saturated rings. The summed E-state index contributed by atoms with van der Waals surface area (Å²) in [4.78, 5) is 2.42. The van der Waals surface area contributed by atoms with Crippen molar-refractivity contribution in [2.45, 2.75) is 19.5 Å². The van der Waals surface area contributed by atoms with Crippen LogP contribution in [0.15, 0.2) is 24.3 Å². The lowest BCUT2D eigenvalue weighted by atomic mass is 10.2. The Labute approximate surface area is 106 Å². The van der Waals surface area contributed by atoms with Gasteiger partial charge in [0.15, 0.2) is 0 Å². The van der Waals surface area contributed by atoms with Crippen molar-refractivity contribution in [2.75, 3.05) is 26.3 Å². The van der Waals surface area contributed by atoms with E-state index in [-0.39, 0.29) is 6.17 Å². The zero-order chi connectivity index (χ0) is 12.4. The van der Waals surface area contributed by atoms with Crippen molar-refractivity contribution < 1.29 is 4.74 Å². The summed E-state index contributed by atoms with van der Waals surface area (Å²) < 4.78 is 7.45. The van der Waals surface area contributed by atoms with Crippen molar-refractivity contribution >= 4 is 11.0 Å². The summed E-state index contributed by atoms with van der Waals surface area (Å²) in [7, 11) is 0. The van der Waals surface area contributed by atoms with Crippen LogP contribution in [-0.4, -0.2) is 46.2 Å². The van der Waals surface area contributed by atoms with Crippen molar-refractivity contribution in [1.29, 1.82) is 0 Å². The average Bonchev–Trinajstić information content (AvgIpc) is 2.85. The second-order valence-corrected chi connectivity index (χ2v) is 4.56. The number of fused-ring (bicyclic) bond motifs is 1. The summed E-state index contributed by atoms with van der Waals surface area (Å²) >= 11 is 0. The lowest BCUT2D eigenvalue weighted by Crippen LogP contribution is -2.41. The molecular weight excluding hydrogens is 228 g/mol. The van der Waals surface area contributed by atoms with E-state index in [1.165, 1.54) is 0 Å². The first kappa shape index (κ1) is 11.6. The first-order valence-electron chi connectivity index (χ1n) is 6.52. The highest BCUT2D eigenvalue weighted by atomic mass is 16.5. The van der Waals surface area contributed by atoms with Gasteiger partial charge in [0.05, 0.1) is 18.7 Å². The topological polar surface area (TPSA) is 43.2 Å². The molecule has 0 N–H and O–H groups in total. The second-order valence-electron chi connectivity index (χ2n) is 4.56. The van der Waals surface area contributed by atoms with E-state index < -0.39 is 0 Å². The quantitative estimate of drug-likeness (QED) is 0.826. The molecule has 96 valence electrons. The SMILES string of the molecule is CC[C@H](N1CCOCC1)n1nnc2ccccc21. The highest BCUT2D eigenvalue weighted by molar-refractivity contribution is 5.73. The molecule has 2 heterocycles. The molecule has 1 aromatic heterocycles. The zero-order valence-electron chi connectivity index (χ0n) is 10.6. The first-order valence-corrected chi connectivity index (χ1v) is 6.52. The molecule has 1 atom stereocenters. The number of morpholine rings is 1. The highest BCUT2D eigenvalue weighted by Gasteiger charge is 2.23. The van der Waals surface area contributed by atoms with Gasteiger partial charge in [-0.15, -0.1) is 5.10 Å². The molecule has 1 aromatic carbocycles. The normalized spacial score (nSPS) is 19.2. The van der Waals surface area contributed by atoms with E-state index in [0.29, 0.717) is 0 Å². The first-order chi connectivity index (χ1) is 8.90. The molecular formula is C13H18N4O. The maximum Gasteiger partial charge on any atom is 0.113 e. The summed E-state index contributed by atoms with van der Waals surface area (Å²) in [5.74, 6) is 0. The standard InChI is InChI=1S/C13H18N4O/c1-2-13(16-7-9-18-10-8-16)17-12-6-4-3-5-11(12)14-15-17/h3-6,13H,2,7-10H2,1H3/t13-/m1/s1. The van der Waals surface area contributed by atoms with Crippen LogP contribution in [0.25, 0.3) is 11.0 Å². The summed E-state index contributed by atoms with van der Waals surface area (Å²) in [6.45, 7) is 5.74. The maximum atomic E-state index is 5.41. The van der Waals surface area contributed by atoms with Crippen LogP contribution in [0.3, 0.4) is 0 Å². The van der Waals surface area contributed by atoms with E-state index in [0.717, 1.165) is 43.8 Å². The predicted molar refractivity (Wildman–Crippen MR) is 69.2 cm³/mol. The number of hydrogen-bond donors (Lipinski definition) is 0. The van der Waals surface area contributed by atoms with Crippen LogP contribution in [-0.2, 0) is 4.74 Å². The molecule has 1 saturated heterocycles. The third-order valence-corrected chi connectivity index (χ3v) is 3.49. The van der Waals surface area contributed by atoms with Gasteiger partial charge in [0.1, 0.15) is 11.7 Å². The highest BCUT2D eigenvalue weighted by Crippen LogP contribution is 2.22. The number of nitrogens with zero attached hydrogens (tertiary/aromatic N) is 4. The summed E-state index contributed by atoms with van der Waals surface area (Å²) in [5.41, 5.74) is 2.07. The summed E-state index contributed by atoms with van der Waals surface area (Å²) in [6, 6.07) is 8.12. The van der Waals surface area contributed by atoms with E-state index in [9.17, 15) is 0 Å². The van der Waals surface area contributed by atoms with Crippen LogP contribution in [0.2, 0.25) is 0 Å². The third-order valence-electron chi connectivity index (χ3n) is 3.49. The number of rotatable bonds is 3. The van der Waals surface area contributed by atoms with Gasteiger partial charge in [0.2, 0.25) is 0 Å². The molecule has 5 heteroatoms. The van der Waals surface area contributed by atoms with Crippen LogP contribution in [0, 0.1) is 0 Å². The van der Waals surface area contributed by atoms with Crippen molar-refractivity contribution in [1.82, 2.24) is 19.9 Å². The Morgan fingerprint density at radius 3 is 2.83 bits per heavy atom. The number of hydrogen-bond acceptors (Lipinski definition) is 4. The van der Waals surface area contributed by atoms with Crippen LogP contribution < -0.4 is 0 Å². The molecule has 2 aromatic rings. The molecule has 18 heavy (non-hydrogen) atoms. The van der Waals surface area contributed by atoms with Gasteiger partial charge in [-0.05, 0) is 18.6 Å². The Morgan fingerprint density at radius 1 is 1.28 bits per heavy atom. The van der Waals surface area contributed by atoms with Gasteiger partial charge in [0, 0.05) is 13.1 Å². The molecule has 0 aliphatic carbocycles. The van der Waals surface area contributed by atoms with E-state index >= 15 is 0 Å². The van der Waals surface area contributed by atoms with Crippen molar-refractivity contribution in [3.8, 4) is 0 Å². The molecule has 0 amide bonds. The fourth-order valence-corrected chi connectivity index (χ4v) is 2.57. The van der Waals surface area contributed by atoms with Crippen LogP contribution in [0.5, 0.6) is 0 Å². The average molecular weight is 246 g/mol. The minimum atomic E-state index is 0.279. The Kier molecular flexibility index (Phi) is 3.25. The van der Waals surface area contributed by atoms with Crippen molar-refractivity contribution in [3.63, 3.8) is 0 Å². The van der Waals surface area contributed by atoms with Gasteiger partial charge in [-0.2, -0.15) is 0 Å². The van der Waals surface area contributed by atoms with Crippen LogP contribution in [0.4, 0.5) is 0 Å². The van der Waals surface area contributed by atoms with Gasteiger partial charge in [-0.1, -0.05) is 24.3 Å². The molecule has 0 saturated carbocycles. The van der Waals surface area contributed by atoms with Gasteiger partial charge in [-0.25, -0.2) is 4.68 Å². The van der Waals surface area contributed by atoms with E-state index in [1.54, 1.807) is 0 Å². The Hall–Kier alpha value is -1.46. The minimum absolute atomic E-state index is 0.279. The molecule has 0 radical (unpaired) electrons. The number of benzene rings is 1. The van der Waals surface area contributed by atoms with Gasteiger partial charge in [0.25, 0.3) is 0 Å². The molecule has 5 nitrogen and oxygen atoms in total. The molecule has 1 aliphatic heterocycles. The number of ether oxygens (including phenoxy) is 1. The van der Waals surface area contributed by atoms with Crippen LogP contribution >= 0.6 is 0 Å². The van der Waals surface area contributed by atoms with E-state index in [2.05, 4.69) is 28.2 Å². The predicted octanol–water partition coefficient (Wildman–Crippen LogP) is 1.67. The van der Waals surface area contributed by atoms with Crippen molar-refractivity contribution in [2.24, 2.45) is 0 Å². The minimum Gasteiger partial charge on any atom is -0.379 e. The Balaban J connectivity index is 1.95. The number of para-hydroxylation sites is 1. The fourth-order valence-electron chi connectivity index (χ4n) is 2.57. The lowest BCUT2D eigenvalue weighted by Gasteiger charge is -2.33. The number of aromatic nitrogens is 3. The van der Waals surface area contributed by atoms with Crippen LogP contribution in [0.1, 0.15) is 19.5 Å². The smallest absolute Gasteiger partial charge is 0.113 e. The van der Waals surface area contributed by atoms with E-state index in [1.807, 2.05) is 22.9 Å². The molecule has 0 bridgehead atoms. The third kappa shape index (κ3) is 2.00. The fraction of sp³-hybridized carbons (Fsp3) is 0.538. The van der Waals surface area contributed by atoms with E-state index in [4.69, 9.17) is 4.74 Å². The van der Waals surface area contributed by atoms with Crippen molar-refractivity contribution in [3.05, 3.63) is 24.3 Å². The molecule has 1 aliphatic rings. The maximum absolute atomic E-state index is 5.41. The molecule has 0 unspecified atom stereocenters. The van der Waals surface area contributed by atoms with Gasteiger partial charge in [-0.3, -0.25) is 4.90 Å². The zero-order valence-corrected chi connectivity index (χ0v) is 10.6. The van der Waals surface area contributed by atoms with Gasteiger partial charge < -0.3 is 4.74 Å². The largest absolute Gasteiger partial charge is 0.379 e. The molecule has 0 spiro atoms. The summed E-state index contributed by atoms with van der Waals surface area (Å²) in [6.07, 6.45) is 1.30. The second kappa shape index (κ2) is 5.04. The molecule has 3 rings (SSSR count). The Morgan fingerprint density at radius 2 is 2.06 bits per heavy atom.